The van der Waals surface area contributed by atoms with Crippen molar-refractivity contribution in [2.24, 2.45) is 0 Å². The van der Waals surface area contributed by atoms with E-state index in [0.717, 1.165) is 0 Å². The van der Waals surface area contributed by atoms with Gasteiger partial charge in [-0.1, -0.05) is 0 Å². The fraction of sp³-hybridized carbons (Fsp3) is 0. The molecule has 0 aliphatic carbocycles. The van der Waals surface area contributed by atoms with Crippen molar-refractivity contribution < 1.29 is 0 Å². The molecule has 0 aliphatic rings. The van der Waals surface area contributed by atoms with E-state index in [1.165, 1.54) is 0 Å². The van der Waals surface area contributed by atoms with Crippen LogP contribution in [-0.2, 0) is 0 Å². The average molecular weight is 92.9 g/mol. The van der Waals surface area contributed by atoms with E-state index in [2.05, 4.69) is 0 Å². The quantitative estimate of drug-likeness (QED) is 0.513. The average Bonchev–Trinajstić information content (AvgIpc) is 1.72. The zero-order valence-corrected chi connectivity index (χ0v) is 4.17. The van der Waals surface area contributed by atoms with Gasteiger partial charge < -0.3 is 6.15 Å². The Labute approximate surface area is 44.2 Å². The first-order valence-electron chi connectivity index (χ1n) is 2.00. The standard InChI is InChI=1S/C5H5B.H3N/c1-2-4-6-5-3-1;/h1-5H;1H3. The predicted molar refractivity (Wildman–Crippen MR) is 32.8 cm³/mol. The van der Waals surface area contributed by atoms with E-state index in [9.17, 15) is 0 Å². The van der Waals surface area contributed by atoms with Gasteiger partial charge >= 0.3 is 37.0 Å². The molecule has 1 nitrogen and oxygen atoms in total. The molecule has 0 saturated carbocycles. The van der Waals surface area contributed by atoms with Crippen LogP contribution >= 0.6 is 0 Å². The summed E-state index contributed by atoms with van der Waals surface area (Å²) in [5.74, 6) is 4.00. The zero-order chi connectivity index (χ0) is 4.24. The van der Waals surface area contributed by atoms with Crippen molar-refractivity contribution in [2.75, 3.05) is 0 Å². The van der Waals surface area contributed by atoms with E-state index in [1.807, 2.05) is 37.0 Å². The monoisotopic (exact) mass is 93.1 g/mol. The minimum atomic E-state index is 0. The predicted octanol–water partition coefficient (Wildman–Crippen LogP) is 1.19. The third-order valence-corrected chi connectivity index (χ3v) is 0.667. The van der Waals surface area contributed by atoms with Gasteiger partial charge in [0.2, 0.25) is 0 Å². The Bertz CT molecular complexity index is 80.0. The molecule has 0 amide bonds. The molecule has 1 aromatic heterocycles. The van der Waals surface area contributed by atoms with Gasteiger partial charge in [-0.15, -0.1) is 0 Å². The van der Waals surface area contributed by atoms with Gasteiger partial charge in [0.25, 0.3) is 0 Å². The summed E-state index contributed by atoms with van der Waals surface area (Å²) in [5.41, 5.74) is 0. The molecule has 0 unspecified atom stereocenters. The second-order valence-electron chi connectivity index (χ2n) is 1.15. The summed E-state index contributed by atoms with van der Waals surface area (Å²) in [5, 5.41) is 0. The van der Waals surface area contributed by atoms with Crippen LogP contribution in [0.3, 0.4) is 0 Å². The number of hydrogen-bond acceptors (Lipinski definition) is 1. The molecule has 2 heteroatoms. The topological polar surface area (TPSA) is 35.0 Å². The summed E-state index contributed by atoms with van der Waals surface area (Å²) in [6.07, 6.45) is 0. The van der Waals surface area contributed by atoms with E-state index in [0.29, 0.717) is 0 Å². The van der Waals surface area contributed by atoms with Crippen LogP contribution in [0.5, 0.6) is 0 Å². The third-order valence-electron chi connectivity index (χ3n) is 0.667. The van der Waals surface area contributed by atoms with Crippen molar-refractivity contribution in [3.63, 3.8) is 0 Å². The second-order valence-corrected chi connectivity index (χ2v) is 1.15. The van der Waals surface area contributed by atoms with Gasteiger partial charge in [-0.2, -0.15) is 0 Å². The molecular formula is C5H8BN. The third kappa shape index (κ3) is 2.12. The maximum atomic E-state index is 2.00. The molecule has 0 bridgehead atoms. The Morgan fingerprint density at radius 2 is 1.43 bits per heavy atom. The van der Waals surface area contributed by atoms with Crippen LogP contribution in [0.2, 0.25) is 0 Å². The molecular weight excluding hydrogens is 84.9 g/mol. The fourth-order valence-corrected chi connectivity index (χ4v) is 0.385. The molecule has 0 radical (unpaired) electrons. The summed E-state index contributed by atoms with van der Waals surface area (Å²) >= 11 is 0. The molecule has 1 aromatic rings. The van der Waals surface area contributed by atoms with Crippen LogP contribution in [0.4, 0.5) is 0 Å². The molecule has 7 heavy (non-hydrogen) atoms. The Morgan fingerprint density at radius 3 is 1.57 bits per heavy atom. The Morgan fingerprint density at radius 1 is 0.857 bits per heavy atom. The van der Waals surface area contributed by atoms with Gasteiger partial charge in [0.15, 0.2) is 0 Å². The molecule has 1 heterocycles. The summed E-state index contributed by atoms with van der Waals surface area (Å²) in [7, 11) is 0. The molecule has 0 aliphatic heterocycles. The first-order valence-corrected chi connectivity index (χ1v) is 2.00. The number of rotatable bonds is 0. The van der Waals surface area contributed by atoms with Gasteiger partial charge in [-0.05, 0) is 0 Å². The van der Waals surface area contributed by atoms with Gasteiger partial charge in [-0.25, -0.2) is 0 Å². The van der Waals surface area contributed by atoms with Crippen molar-refractivity contribution in [1.82, 2.24) is 6.15 Å². The van der Waals surface area contributed by atoms with Crippen molar-refractivity contribution in [3.8, 4) is 0 Å². The normalized spacial score (nSPS) is 6.29. The van der Waals surface area contributed by atoms with Crippen molar-refractivity contribution >= 4 is 6.91 Å². The van der Waals surface area contributed by atoms with Gasteiger partial charge in [0.1, 0.15) is 0 Å². The molecule has 0 saturated heterocycles. The molecule has 1 rings (SSSR count). The minimum absolute atomic E-state index is 0. The van der Waals surface area contributed by atoms with E-state index < -0.39 is 0 Å². The maximum absolute atomic E-state index is 2.00. The summed E-state index contributed by atoms with van der Waals surface area (Å²) in [4.78, 5) is 0. The van der Waals surface area contributed by atoms with Crippen molar-refractivity contribution in [3.05, 3.63) is 30.1 Å². The number of hydrogen-bond donors (Lipinski definition) is 1. The van der Waals surface area contributed by atoms with Crippen LogP contribution in [0.1, 0.15) is 0 Å². The van der Waals surface area contributed by atoms with E-state index in [1.54, 1.807) is 0 Å². The Kier molecular flexibility index (Phi) is 3.24. The van der Waals surface area contributed by atoms with Crippen molar-refractivity contribution in [2.45, 2.75) is 0 Å². The van der Waals surface area contributed by atoms with Gasteiger partial charge in [0.05, 0.1) is 0 Å². The first kappa shape index (κ1) is 6.37. The summed E-state index contributed by atoms with van der Waals surface area (Å²) < 4.78 is 0. The van der Waals surface area contributed by atoms with Gasteiger partial charge in [0, 0.05) is 0 Å². The first-order chi connectivity index (χ1) is 3.00. The summed E-state index contributed by atoms with van der Waals surface area (Å²) in [6, 6.07) is 6.00. The second kappa shape index (κ2) is 3.56. The van der Waals surface area contributed by atoms with Crippen LogP contribution in [-0.4, -0.2) is 6.91 Å². The van der Waals surface area contributed by atoms with E-state index >= 15 is 0 Å². The molecule has 0 fully saturated rings. The molecule has 0 atom stereocenters. The Hall–Kier alpha value is -0.625. The van der Waals surface area contributed by atoms with Crippen molar-refractivity contribution in [1.29, 1.82) is 0 Å². The van der Waals surface area contributed by atoms with Crippen LogP contribution in [0.25, 0.3) is 0 Å². The molecule has 3 N–H and O–H groups in total. The van der Waals surface area contributed by atoms with E-state index in [-0.39, 0.29) is 6.15 Å². The van der Waals surface area contributed by atoms with Gasteiger partial charge in [-0.3, -0.25) is 0 Å². The molecule has 36 valence electrons. The molecule has 0 aromatic carbocycles. The Balaban J connectivity index is 0.000000360. The van der Waals surface area contributed by atoms with Crippen LogP contribution in [0.15, 0.2) is 30.1 Å². The zero-order valence-electron chi connectivity index (χ0n) is 4.17. The van der Waals surface area contributed by atoms with Crippen LogP contribution in [0, 0.1) is 0 Å². The molecule has 0 spiro atoms. The fourth-order valence-electron chi connectivity index (χ4n) is 0.385. The SMILES string of the molecule is N.b1ccccc1. The van der Waals surface area contributed by atoms with E-state index in [4.69, 9.17) is 0 Å². The van der Waals surface area contributed by atoms with Crippen LogP contribution < -0.4 is 6.15 Å². The summed E-state index contributed by atoms with van der Waals surface area (Å²) in [6.45, 7) is 2.00.